The molecule has 2 aromatic rings. The van der Waals surface area contributed by atoms with E-state index in [2.05, 4.69) is 5.32 Å². The van der Waals surface area contributed by atoms with Crippen LogP contribution in [0, 0.1) is 11.6 Å². The van der Waals surface area contributed by atoms with E-state index in [4.69, 9.17) is 0 Å². The average molecular weight is 408 g/mol. The second-order valence-corrected chi connectivity index (χ2v) is 8.90. The molecule has 2 amide bonds. The maximum absolute atomic E-state index is 13.4. The standard InChI is InChI=1S/C19H18F2N2O4S/c1-28(26,27)9-8-17(18(24)22-13-6-7-15(20)16(21)10-13)23-11-12-4-2-3-5-14(12)19(23)25/h2-7,10,17H,8-9,11H2,1H3,(H,22,24). The Hall–Kier alpha value is -2.81. The largest absolute Gasteiger partial charge is 0.324 e. The van der Waals surface area contributed by atoms with Crippen LogP contribution in [0.5, 0.6) is 0 Å². The predicted molar refractivity (Wildman–Crippen MR) is 99.4 cm³/mol. The Bertz CT molecular complexity index is 1040. The molecule has 0 fully saturated rings. The van der Waals surface area contributed by atoms with Gasteiger partial charge in [0.25, 0.3) is 5.91 Å². The number of nitrogens with zero attached hydrogens (tertiary/aromatic N) is 1. The number of amides is 2. The van der Waals surface area contributed by atoms with E-state index >= 15 is 0 Å². The van der Waals surface area contributed by atoms with E-state index in [1.54, 1.807) is 24.3 Å². The molecule has 148 valence electrons. The Balaban J connectivity index is 1.85. The number of anilines is 1. The summed E-state index contributed by atoms with van der Waals surface area (Å²) in [5.74, 6) is -3.54. The lowest BCUT2D eigenvalue weighted by atomic mass is 10.1. The van der Waals surface area contributed by atoms with Gasteiger partial charge in [0.2, 0.25) is 5.91 Å². The molecule has 0 radical (unpaired) electrons. The monoisotopic (exact) mass is 408 g/mol. The van der Waals surface area contributed by atoms with E-state index in [0.717, 1.165) is 24.0 Å². The van der Waals surface area contributed by atoms with Crippen molar-refractivity contribution in [3.05, 3.63) is 65.2 Å². The molecule has 0 saturated carbocycles. The quantitative estimate of drug-likeness (QED) is 0.796. The van der Waals surface area contributed by atoms with E-state index in [1.165, 1.54) is 11.0 Å². The van der Waals surface area contributed by atoms with Gasteiger partial charge in [0, 0.05) is 30.1 Å². The second kappa shape index (κ2) is 7.67. The number of rotatable bonds is 6. The zero-order valence-electron chi connectivity index (χ0n) is 15.0. The molecule has 1 heterocycles. The maximum Gasteiger partial charge on any atom is 0.255 e. The lowest BCUT2D eigenvalue weighted by Crippen LogP contribution is -2.45. The fourth-order valence-corrected chi connectivity index (χ4v) is 3.73. The highest BCUT2D eigenvalue weighted by atomic mass is 32.2. The van der Waals surface area contributed by atoms with Crippen LogP contribution in [0.3, 0.4) is 0 Å². The minimum atomic E-state index is -3.38. The Morgan fingerprint density at radius 3 is 2.54 bits per heavy atom. The van der Waals surface area contributed by atoms with Crippen LogP contribution in [-0.4, -0.2) is 43.2 Å². The van der Waals surface area contributed by atoms with Crippen LogP contribution in [0.1, 0.15) is 22.3 Å². The molecule has 2 aromatic carbocycles. The molecule has 6 nitrogen and oxygen atoms in total. The number of sulfone groups is 1. The molecule has 1 aliphatic rings. The van der Waals surface area contributed by atoms with Crippen LogP contribution < -0.4 is 5.32 Å². The molecule has 3 rings (SSSR count). The molecule has 1 unspecified atom stereocenters. The summed E-state index contributed by atoms with van der Waals surface area (Å²) in [7, 11) is -3.38. The summed E-state index contributed by atoms with van der Waals surface area (Å²) in [5.41, 5.74) is 1.20. The second-order valence-electron chi connectivity index (χ2n) is 6.64. The first-order valence-electron chi connectivity index (χ1n) is 8.48. The molecule has 0 aliphatic carbocycles. The third-order valence-electron chi connectivity index (χ3n) is 4.48. The highest BCUT2D eigenvalue weighted by Crippen LogP contribution is 2.26. The Kier molecular flexibility index (Phi) is 5.46. The van der Waals surface area contributed by atoms with Gasteiger partial charge in [0.05, 0.1) is 5.75 Å². The predicted octanol–water partition coefficient (Wildman–Crippen LogP) is 2.36. The number of carbonyl (C=O) groups excluding carboxylic acids is 2. The van der Waals surface area contributed by atoms with Gasteiger partial charge >= 0.3 is 0 Å². The van der Waals surface area contributed by atoms with Crippen LogP contribution in [0.15, 0.2) is 42.5 Å². The normalized spacial score (nSPS) is 14.7. The van der Waals surface area contributed by atoms with Gasteiger partial charge in [-0.15, -0.1) is 0 Å². The minimum Gasteiger partial charge on any atom is -0.324 e. The highest BCUT2D eigenvalue weighted by Gasteiger charge is 2.36. The Morgan fingerprint density at radius 2 is 1.89 bits per heavy atom. The fourth-order valence-electron chi connectivity index (χ4n) is 3.08. The Labute approximate surface area is 161 Å². The van der Waals surface area contributed by atoms with E-state index < -0.39 is 33.4 Å². The summed E-state index contributed by atoms with van der Waals surface area (Å²) in [6.45, 7) is 0.161. The van der Waals surface area contributed by atoms with Crippen molar-refractivity contribution in [2.75, 3.05) is 17.3 Å². The molecule has 0 spiro atoms. The highest BCUT2D eigenvalue weighted by molar-refractivity contribution is 7.90. The maximum atomic E-state index is 13.4. The van der Waals surface area contributed by atoms with Crippen molar-refractivity contribution in [2.45, 2.75) is 19.0 Å². The number of hydrogen-bond donors (Lipinski definition) is 1. The van der Waals surface area contributed by atoms with Crippen molar-refractivity contribution < 1.29 is 26.8 Å². The van der Waals surface area contributed by atoms with Gasteiger partial charge in [0.15, 0.2) is 11.6 Å². The van der Waals surface area contributed by atoms with Crippen molar-refractivity contribution in [3.8, 4) is 0 Å². The molecule has 0 aromatic heterocycles. The summed E-state index contributed by atoms with van der Waals surface area (Å²) >= 11 is 0. The van der Waals surface area contributed by atoms with Crippen molar-refractivity contribution >= 4 is 27.3 Å². The van der Waals surface area contributed by atoms with Gasteiger partial charge in [-0.05, 0) is 30.2 Å². The average Bonchev–Trinajstić information content (AvgIpc) is 2.94. The van der Waals surface area contributed by atoms with Crippen LogP contribution >= 0.6 is 0 Å². The van der Waals surface area contributed by atoms with Crippen molar-refractivity contribution in [3.63, 3.8) is 0 Å². The molecule has 1 atom stereocenters. The Morgan fingerprint density at radius 1 is 1.18 bits per heavy atom. The first-order chi connectivity index (χ1) is 13.2. The van der Waals surface area contributed by atoms with Gasteiger partial charge in [0.1, 0.15) is 15.9 Å². The van der Waals surface area contributed by atoms with Crippen molar-refractivity contribution in [1.29, 1.82) is 0 Å². The van der Waals surface area contributed by atoms with Crippen molar-refractivity contribution in [1.82, 2.24) is 4.90 Å². The summed E-state index contributed by atoms with van der Waals surface area (Å²) in [5, 5.41) is 2.44. The summed E-state index contributed by atoms with van der Waals surface area (Å²) in [6, 6.07) is 8.66. The van der Waals surface area contributed by atoms with Crippen LogP contribution in [-0.2, 0) is 21.2 Å². The zero-order chi connectivity index (χ0) is 20.5. The van der Waals surface area contributed by atoms with E-state index in [1.807, 2.05) is 0 Å². The SMILES string of the molecule is CS(=O)(=O)CCC(C(=O)Nc1ccc(F)c(F)c1)N1Cc2ccccc2C1=O. The van der Waals surface area contributed by atoms with Gasteiger partial charge in [-0.1, -0.05) is 18.2 Å². The first kappa shape index (κ1) is 19.9. The first-order valence-corrected chi connectivity index (χ1v) is 10.5. The number of carbonyl (C=O) groups is 2. The molecule has 1 aliphatic heterocycles. The van der Waals surface area contributed by atoms with Crippen LogP contribution in [0.2, 0.25) is 0 Å². The zero-order valence-corrected chi connectivity index (χ0v) is 15.8. The number of nitrogens with one attached hydrogen (secondary N) is 1. The lowest BCUT2D eigenvalue weighted by Gasteiger charge is -2.26. The molecule has 1 N–H and O–H groups in total. The lowest BCUT2D eigenvalue weighted by molar-refractivity contribution is -0.120. The van der Waals surface area contributed by atoms with E-state index in [0.29, 0.717) is 5.56 Å². The molecular formula is C19H18F2N2O4S. The van der Waals surface area contributed by atoms with E-state index in [9.17, 15) is 26.8 Å². The minimum absolute atomic E-state index is 0.0115. The molecule has 0 saturated heterocycles. The van der Waals surface area contributed by atoms with Gasteiger partial charge < -0.3 is 10.2 Å². The van der Waals surface area contributed by atoms with Gasteiger partial charge in [-0.2, -0.15) is 0 Å². The third-order valence-corrected chi connectivity index (χ3v) is 5.45. The summed E-state index contributed by atoms with van der Waals surface area (Å²) < 4.78 is 49.7. The van der Waals surface area contributed by atoms with Gasteiger partial charge in [-0.25, -0.2) is 17.2 Å². The molecule has 28 heavy (non-hydrogen) atoms. The number of fused-ring (bicyclic) bond motifs is 1. The smallest absolute Gasteiger partial charge is 0.255 e. The number of halogens is 2. The third kappa shape index (κ3) is 4.36. The van der Waals surface area contributed by atoms with E-state index in [-0.39, 0.29) is 30.3 Å². The van der Waals surface area contributed by atoms with Crippen LogP contribution in [0.4, 0.5) is 14.5 Å². The molecular weight excluding hydrogens is 390 g/mol. The number of benzene rings is 2. The summed E-state index contributed by atoms with van der Waals surface area (Å²) in [6.07, 6.45) is 0.923. The number of hydrogen-bond acceptors (Lipinski definition) is 4. The molecule has 9 heteroatoms. The van der Waals surface area contributed by atoms with Crippen molar-refractivity contribution in [2.24, 2.45) is 0 Å². The van der Waals surface area contributed by atoms with Crippen LogP contribution in [0.25, 0.3) is 0 Å². The fraction of sp³-hybridized carbons (Fsp3) is 0.263. The van der Waals surface area contributed by atoms with Gasteiger partial charge in [-0.3, -0.25) is 9.59 Å². The molecule has 0 bridgehead atoms. The topological polar surface area (TPSA) is 83.6 Å². The summed E-state index contributed by atoms with van der Waals surface area (Å²) in [4.78, 5) is 26.8.